The topological polar surface area (TPSA) is 27.7 Å². The number of hydrogen-bond donors (Lipinski definition) is 0. The second kappa shape index (κ2) is 8.47. The monoisotopic (exact) mass is 314 g/mol. The van der Waals surface area contributed by atoms with E-state index in [2.05, 4.69) is 39.0 Å². The molecule has 0 aliphatic carbocycles. The first-order valence-corrected chi connectivity index (χ1v) is 8.16. The van der Waals surface area contributed by atoms with E-state index in [9.17, 15) is 0 Å². The van der Waals surface area contributed by atoms with Crippen molar-refractivity contribution in [3.05, 3.63) is 53.6 Å². The van der Waals surface area contributed by atoms with Gasteiger partial charge < -0.3 is 14.2 Å². The van der Waals surface area contributed by atoms with Crippen LogP contribution >= 0.6 is 0 Å². The second-order valence-electron chi connectivity index (χ2n) is 5.76. The van der Waals surface area contributed by atoms with E-state index in [-0.39, 0.29) is 0 Å². The Kier molecular flexibility index (Phi) is 6.33. The summed E-state index contributed by atoms with van der Waals surface area (Å²) in [5.74, 6) is 2.90. The normalized spacial score (nSPS) is 10.7. The van der Waals surface area contributed by atoms with Crippen molar-refractivity contribution in [1.82, 2.24) is 0 Å². The highest BCUT2D eigenvalue weighted by Crippen LogP contribution is 2.28. The molecule has 0 atom stereocenters. The summed E-state index contributed by atoms with van der Waals surface area (Å²) in [7, 11) is 1.66. The SMILES string of the molecule is CCc1ccc(OCCOc2cccc(C(C)C)c2)c(OC)c1. The van der Waals surface area contributed by atoms with Crippen molar-refractivity contribution in [1.29, 1.82) is 0 Å². The molecule has 0 heterocycles. The lowest BCUT2D eigenvalue weighted by Crippen LogP contribution is -2.09. The molecule has 2 aromatic rings. The Bertz CT molecular complexity index is 620. The Balaban J connectivity index is 1.87. The Morgan fingerprint density at radius 3 is 2.39 bits per heavy atom. The standard InChI is InChI=1S/C20H26O3/c1-5-16-9-10-19(20(13-16)21-4)23-12-11-22-18-8-6-7-17(14-18)15(2)3/h6-10,13-15H,5,11-12H2,1-4H3. The third kappa shape index (κ3) is 4.92. The van der Waals surface area contributed by atoms with Gasteiger partial charge in [-0.15, -0.1) is 0 Å². The fraction of sp³-hybridized carbons (Fsp3) is 0.400. The van der Waals surface area contributed by atoms with Crippen LogP contribution in [0, 0.1) is 0 Å². The lowest BCUT2D eigenvalue weighted by atomic mass is 10.0. The summed E-state index contributed by atoms with van der Waals surface area (Å²) in [6.07, 6.45) is 0.978. The summed E-state index contributed by atoms with van der Waals surface area (Å²) in [5, 5.41) is 0. The van der Waals surface area contributed by atoms with E-state index in [0.717, 1.165) is 23.7 Å². The summed E-state index contributed by atoms with van der Waals surface area (Å²) < 4.78 is 16.9. The van der Waals surface area contributed by atoms with Gasteiger partial charge in [-0.05, 0) is 47.7 Å². The molecule has 124 valence electrons. The first-order valence-electron chi connectivity index (χ1n) is 8.16. The zero-order valence-electron chi connectivity index (χ0n) is 14.5. The van der Waals surface area contributed by atoms with Gasteiger partial charge in [0.1, 0.15) is 19.0 Å². The van der Waals surface area contributed by atoms with Crippen LogP contribution in [0.25, 0.3) is 0 Å². The van der Waals surface area contributed by atoms with Crippen LogP contribution < -0.4 is 14.2 Å². The average Bonchev–Trinajstić information content (AvgIpc) is 2.59. The Labute approximate surface area is 139 Å². The number of methoxy groups -OCH3 is 1. The summed E-state index contributed by atoms with van der Waals surface area (Å²) in [4.78, 5) is 0. The minimum atomic E-state index is 0.480. The van der Waals surface area contributed by atoms with E-state index in [1.54, 1.807) is 7.11 Å². The molecule has 2 aromatic carbocycles. The van der Waals surface area contributed by atoms with Crippen molar-refractivity contribution in [2.75, 3.05) is 20.3 Å². The molecule has 0 unspecified atom stereocenters. The quantitative estimate of drug-likeness (QED) is 0.653. The van der Waals surface area contributed by atoms with E-state index in [1.165, 1.54) is 11.1 Å². The molecule has 3 heteroatoms. The molecule has 0 bridgehead atoms. The van der Waals surface area contributed by atoms with Crippen LogP contribution in [-0.2, 0) is 6.42 Å². The van der Waals surface area contributed by atoms with Gasteiger partial charge in [0.05, 0.1) is 7.11 Å². The molecular weight excluding hydrogens is 288 g/mol. The number of benzene rings is 2. The summed E-state index contributed by atoms with van der Waals surface area (Å²) in [6, 6.07) is 14.2. The molecule has 23 heavy (non-hydrogen) atoms. The van der Waals surface area contributed by atoms with Crippen LogP contribution in [0.2, 0.25) is 0 Å². The van der Waals surface area contributed by atoms with Crippen LogP contribution in [0.1, 0.15) is 37.8 Å². The molecule has 0 aromatic heterocycles. The predicted octanol–water partition coefficient (Wildman–Crippen LogP) is 4.84. The van der Waals surface area contributed by atoms with Gasteiger partial charge in [-0.1, -0.05) is 39.0 Å². The van der Waals surface area contributed by atoms with Crippen molar-refractivity contribution in [3.8, 4) is 17.2 Å². The van der Waals surface area contributed by atoms with Crippen molar-refractivity contribution in [2.45, 2.75) is 33.1 Å². The second-order valence-corrected chi connectivity index (χ2v) is 5.76. The van der Waals surface area contributed by atoms with Gasteiger partial charge in [0, 0.05) is 0 Å². The fourth-order valence-electron chi connectivity index (χ4n) is 2.33. The third-order valence-corrected chi connectivity index (χ3v) is 3.77. The molecule has 0 amide bonds. The van der Waals surface area contributed by atoms with Crippen molar-refractivity contribution in [3.63, 3.8) is 0 Å². The first-order chi connectivity index (χ1) is 11.1. The maximum absolute atomic E-state index is 5.78. The van der Waals surface area contributed by atoms with Gasteiger partial charge in [0.25, 0.3) is 0 Å². The van der Waals surface area contributed by atoms with Crippen LogP contribution in [0.3, 0.4) is 0 Å². The number of hydrogen-bond acceptors (Lipinski definition) is 3. The largest absolute Gasteiger partial charge is 0.493 e. The van der Waals surface area contributed by atoms with E-state index < -0.39 is 0 Å². The smallest absolute Gasteiger partial charge is 0.161 e. The van der Waals surface area contributed by atoms with Crippen molar-refractivity contribution >= 4 is 0 Å². The zero-order valence-corrected chi connectivity index (χ0v) is 14.5. The van der Waals surface area contributed by atoms with Gasteiger partial charge in [0.15, 0.2) is 11.5 Å². The first kappa shape index (κ1) is 17.2. The van der Waals surface area contributed by atoms with Crippen LogP contribution in [0.5, 0.6) is 17.2 Å². The van der Waals surface area contributed by atoms with E-state index >= 15 is 0 Å². The minimum absolute atomic E-state index is 0.480. The fourth-order valence-corrected chi connectivity index (χ4v) is 2.33. The molecule has 3 nitrogen and oxygen atoms in total. The average molecular weight is 314 g/mol. The summed E-state index contributed by atoms with van der Waals surface area (Å²) >= 11 is 0. The lowest BCUT2D eigenvalue weighted by Gasteiger charge is -2.13. The Morgan fingerprint density at radius 1 is 0.913 bits per heavy atom. The lowest BCUT2D eigenvalue weighted by molar-refractivity contribution is 0.211. The summed E-state index contributed by atoms with van der Waals surface area (Å²) in [6.45, 7) is 7.45. The van der Waals surface area contributed by atoms with Crippen molar-refractivity contribution < 1.29 is 14.2 Å². The van der Waals surface area contributed by atoms with Gasteiger partial charge in [-0.2, -0.15) is 0 Å². The molecule has 0 aliphatic heterocycles. The van der Waals surface area contributed by atoms with Gasteiger partial charge in [0.2, 0.25) is 0 Å². The molecule has 0 saturated heterocycles. The maximum Gasteiger partial charge on any atom is 0.161 e. The molecular formula is C20H26O3. The summed E-state index contributed by atoms with van der Waals surface area (Å²) in [5.41, 5.74) is 2.51. The predicted molar refractivity (Wildman–Crippen MR) is 93.9 cm³/mol. The van der Waals surface area contributed by atoms with E-state index in [1.807, 2.05) is 24.3 Å². The molecule has 0 spiro atoms. The highest BCUT2D eigenvalue weighted by Gasteiger charge is 2.06. The zero-order chi connectivity index (χ0) is 16.7. The van der Waals surface area contributed by atoms with Gasteiger partial charge in [-0.25, -0.2) is 0 Å². The molecule has 0 N–H and O–H groups in total. The van der Waals surface area contributed by atoms with Gasteiger partial charge >= 0.3 is 0 Å². The number of aryl methyl sites for hydroxylation is 1. The molecule has 0 radical (unpaired) electrons. The maximum atomic E-state index is 5.78. The highest BCUT2D eigenvalue weighted by atomic mass is 16.5. The van der Waals surface area contributed by atoms with E-state index in [4.69, 9.17) is 14.2 Å². The van der Waals surface area contributed by atoms with Crippen LogP contribution in [-0.4, -0.2) is 20.3 Å². The highest BCUT2D eigenvalue weighted by molar-refractivity contribution is 5.43. The molecule has 2 rings (SSSR count). The van der Waals surface area contributed by atoms with Crippen molar-refractivity contribution in [2.24, 2.45) is 0 Å². The van der Waals surface area contributed by atoms with Gasteiger partial charge in [-0.3, -0.25) is 0 Å². The third-order valence-electron chi connectivity index (χ3n) is 3.77. The molecule has 0 fully saturated rings. The molecule has 0 saturated carbocycles. The Hall–Kier alpha value is -2.16. The van der Waals surface area contributed by atoms with Crippen LogP contribution in [0.15, 0.2) is 42.5 Å². The van der Waals surface area contributed by atoms with E-state index in [0.29, 0.717) is 19.1 Å². The minimum Gasteiger partial charge on any atom is -0.493 e. The Morgan fingerprint density at radius 2 is 1.70 bits per heavy atom. The number of rotatable bonds is 8. The molecule has 0 aliphatic rings. The van der Waals surface area contributed by atoms with Crippen LogP contribution in [0.4, 0.5) is 0 Å². The number of ether oxygens (including phenoxy) is 3.